The Kier molecular flexibility index (Phi) is 12.0. The molecule has 0 saturated carbocycles. The molecule has 0 rings (SSSR count). The molecule has 6 N–H and O–H groups in total. The van der Waals surface area contributed by atoms with Crippen molar-refractivity contribution in [2.24, 2.45) is 11.5 Å². The molecule has 0 aromatic heterocycles. The predicted molar refractivity (Wildman–Crippen MR) is 99.5 cm³/mol. The fourth-order valence-corrected chi connectivity index (χ4v) is 2.17. The van der Waals surface area contributed by atoms with Crippen LogP contribution in [0.2, 0.25) is 0 Å². The molecule has 0 unspecified atom stereocenters. The number of hydrogen-bond acceptors (Lipinski definition) is 7. The summed E-state index contributed by atoms with van der Waals surface area (Å²) in [5, 5.41) is 5.01. The van der Waals surface area contributed by atoms with Gasteiger partial charge in [-0.1, -0.05) is 0 Å². The number of hydrogen-bond donors (Lipinski definition) is 4. The second-order valence-corrected chi connectivity index (χ2v) is 6.00. The minimum atomic E-state index is -0.505. The Bertz CT molecular complexity index is 450. The van der Waals surface area contributed by atoms with Crippen LogP contribution in [0.3, 0.4) is 0 Å². The number of rotatable bonds is 14. The Balaban J connectivity index is 4.46. The first-order valence-corrected chi connectivity index (χ1v) is 8.29. The molecule has 0 aromatic carbocycles. The molecule has 0 aliphatic heterocycles. The third-order valence-corrected chi connectivity index (χ3v) is 3.65. The van der Waals surface area contributed by atoms with Crippen LogP contribution in [-0.4, -0.2) is 113 Å². The second-order valence-electron chi connectivity index (χ2n) is 6.00. The molecular weight excluding hydrogens is 341 g/mol. The molecular formula is C14H30BN7O4. The van der Waals surface area contributed by atoms with Gasteiger partial charge in [-0.3, -0.25) is 29.0 Å². The quantitative estimate of drug-likeness (QED) is 0.223. The van der Waals surface area contributed by atoms with Gasteiger partial charge in [-0.25, -0.2) is 0 Å². The summed E-state index contributed by atoms with van der Waals surface area (Å²) in [5.74, 6) is -1.41. The van der Waals surface area contributed by atoms with Crippen molar-refractivity contribution in [3.63, 3.8) is 0 Å². The summed E-state index contributed by atoms with van der Waals surface area (Å²) < 4.78 is 0. The van der Waals surface area contributed by atoms with Crippen LogP contribution in [0.25, 0.3) is 0 Å². The van der Waals surface area contributed by atoms with Gasteiger partial charge in [0.2, 0.25) is 23.6 Å². The van der Waals surface area contributed by atoms with Gasteiger partial charge >= 0.3 is 0 Å². The summed E-state index contributed by atoms with van der Waals surface area (Å²) in [7, 11) is 4.91. The maximum absolute atomic E-state index is 11.5. The van der Waals surface area contributed by atoms with Crippen LogP contribution in [0.5, 0.6) is 0 Å². The van der Waals surface area contributed by atoms with E-state index in [1.165, 1.54) is 14.1 Å². The van der Waals surface area contributed by atoms with Gasteiger partial charge in [-0.2, -0.15) is 0 Å². The Morgan fingerprint density at radius 1 is 0.731 bits per heavy atom. The number of carbonyl (C=O) groups is 4. The molecule has 12 heteroatoms. The van der Waals surface area contributed by atoms with Crippen molar-refractivity contribution < 1.29 is 19.2 Å². The van der Waals surface area contributed by atoms with Gasteiger partial charge in [0.15, 0.2) is 7.98 Å². The molecule has 11 nitrogen and oxygen atoms in total. The van der Waals surface area contributed by atoms with E-state index in [1.807, 2.05) is 12.8 Å². The minimum Gasteiger partial charge on any atom is -0.369 e. The van der Waals surface area contributed by atoms with Crippen LogP contribution in [0.15, 0.2) is 0 Å². The zero-order valence-electron chi connectivity index (χ0n) is 15.8. The molecule has 148 valence electrons. The van der Waals surface area contributed by atoms with E-state index >= 15 is 0 Å². The van der Waals surface area contributed by atoms with Crippen molar-refractivity contribution in [3.05, 3.63) is 0 Å². The van der Waals surface area contributed by atoms with Crippen molar-refractivity contribution in [2.75, 3.05) is 66.5 Å². The summed E-state index contributed by atoms with van der Waals surface area (Å²) in [4.78, 5) is 50.5. The molecule has 0 aliphatic carbocycles. The van der Waals surface area contributed by atoms with E-state index in [9.17, 15) is 19.2 Å². The van der Waals surface area contributed by atoms with Crippen molar-refractivity contribution >= 4 is 31.6 Å². The van der Waals surface area contributed by atoms with Crippen molar-refractivity contribution in [1.29, 1.82) is 0 Å². The monoisotopic (exact) mass is 371 g/mol. The first kappa shape index (κ1) is 23.8. The van der Waals surface area contributed by atoms with Crippen LogP contribution >= 0.6 is 0 Å². The first-order valence-electron chi connectivity index (χ1n) is 8.29. The SMILES string of the molecule is BN(CCN(CC(N)=O)CC(=O)NC)CCN(CC(N)=O)CC(=O)NC. The molecule has 4 amide bonds. The zero-order valence-corrected chi connectivity index (χ0v) is 15.8. The number of nitrogens with two attached hydrogens (primary N) is 2. The average Bonchev–Trinajstić information content (AvgIpc) is 2.56. The Morgan fingerprint density at radius 2 is 1.08 bits per heavy atom. The molecule has 0 fully saturated rings. The van der Waals surface area contributed by atoms with Crippen molar-refractivity contribution in [3.8, 4) is 0 Å². The highest BCUT2D eigenvalue weighted by Crippen LogP contribution is 1.93. The fraction of sp³-hybridized carbons (Fsp3) is 0.714. The third-order valence-electron chi connectivity index (χ3n) is 3.65. The molecule has 26 heavy (non-hydrogen) atoms. The Morgan fingerprint density at radius 3 is 1.35 bits per heavy atom. The summed E-state index contributed by atoms with van der Waals surface area (Å²) >= 11 is 0. The van der Waals surface area contributed by atoms with E-state index in [0.29, 0.717) is 26.2 Å². The molecule has 0 radical (unpaired) electrons. The average molecular weight is 371 g/mol. The molecule has 0 saturated heterocycles. The fourth-order valence-electron chi connectivity index (χ4n) is 2.17. The lowest BCUT2D eigenvalue weighted by Gasteiger charge is -2.26. The van der Waals surface area contributed by atoms with Gasteiger partial charge in [0.25, 0.3) is 0 Å². The van der Waals surface area contributed by atoms with Crippen LogP contribution < -0.4 is 22.1 Å². The van der Waals surface area contributed by atoms with E-state index < -0.39 is 11.8 Å². The lowest BCUT2D eigenvalue weighted by atomic mass is 10.2. The number of likely N-dealkylation sites (N-methyl/N-ethyl adjacent to an activating group) is 2. The summed E-state index contributed by atoms with van der Waals surface area (Å²) in [6, 6.07) is 0. The second kappa shape index (κ2) is 13.1. The zero-order chi connectivity index (χ0) is 20.1. The van der Waals surface area contributed by atoms with Crippen LogP contribution in [0.4, 0.5) is 0 Å². The highest BCUT2D eigenvalue weighted by Gasteiger charge is 2.15. The highest BCUT2D eigenvalue weighted by molar-refractivity contribution is 6.04. The number of primary amides is 2. The van der Waals surface area contributed by atoms with Gasteiger partial charge in [0.05, 0.1) is 26.2 Å². The van der Waals surface area contributed by atoms with E-state index in [1.54, 1.807) is 9.80 Å². The summed E-state index contributed by atoms with van der Waals surface area (Å²) in [6.07, 6.45) is 0. The lowest BCUT2D eigenvalue weighted by Crippen LogP contribution is -2.46. The molecule has 0 aliphatic rings. The largest absolute Gasteiger partial charge is 0.369 e. The Labute approximate surface area is 154 Å². The van der Waals surface area contributed by atoms with Crippen LogP contribution in [-0.2, 0) is 19.2 Å². The summed E-state index contributed by atoms with van der Waals surface area (Å²) in [6.45, 7) is 2.24. The smallest absolute Gasteiger partial charge is 0.233 e. The molecule has 0 spiro atoms. The summed E-state index contributed by atoms with van der Waals surface area (Å²) in [5.41, 5.74) is 10.4. The highest BCUT2D eigenvalue weighted by atomic mass is 16.2. The molecule has 0 atom stereocenters. The number of nitrogens with one attached hydrogen (secondary N) is 2. The van der Waals surface area contributed by atoms with E-state index in [4.69, 9.17) is 11.5 Å². The van der Waals surface area contributed by atoms with Crippen molar-refractivity contribution in [1.82, 2.24) is 25.2 Å². The number of carbonyl (C=O) groups excluding carboxylic acids is 4. The van der Waals surface area contributed by atoms with Gasteiger partial charge in [-0.05, 0) is 13.1 Å². The van der Waals surface area contributed by atoms with E-state index in [0.717, 1.165) is 0 Å². The van der Waals surface area contributed by atoms with Crippen molar-refractivity contribution in [2.45, 2.75) is 0 Å². The third kappa shape index (κ3) is 12.2. The maximum atomic E-state index is 11.5. The molecule has 0 bridgehead atoms. The van der Waals surface area contributed by atoms with Crippen LogP contribution in [0, 0.1) is 0 Å². The first-order chi connectivity index (χ1) is 12.2. The van der Waals surface area contributed by atoms with Gasteiger partial charge in [-0.15, -0.1) is 0 Å². The predicted octanol–water partition coefficient (Wildman–Crippen LogP) is -5.10. The molecule has 0 aromatic rings. The lowest BCUT2D eigenvalue weighted by molar-refractivity contribution is -0.125. The van der Waals surface area contributed by atoms with Gasteiger partial charge in [0.1, 0.15) is 0 Å². The van der Waals surface area contributed by atoms with Gasteiger partial charge in [0, 0.05) is 27.2 Å². The standard InChI is InChI=1S/C14H30BN7O4/c1-18-13(25)9-20(7-11(16)23)3-5-22(15)6-4-21(8-12(17)24)10-14(26)19-2/h3-10,15H2,1-2H3,(H2,16,23)(H2,17,24)(H,18,25)(H,19,26). The minimum absolute atomic E-state index is 0.00820. The van der Waals surface area contributed by atoms with Crippen LogP contribution in [0.1, 0.15) is 0 Å². The van der Waals surface area contributed by atoms with Gasteiger partial charge < -0.3 is 26.9 Å². The van der Waals surface area contributed by atoms with E-state index in [2.05, 4.69) is 10.6 Å². The molecule has 0 heterocycles. The number of amides is 4. The topological polar surface area (TPSA) is 154 Å². The normalized spacial score (nSPS) is 11.0. The maximum Gasteiger partial charge on any atom is 0.233 e. The van der Waals surface area contributed by atoms with E-state index in [-0.39, 0.29) is 38.0 Å². The Hall–Kier alpha value is -2.18. The number of nitrogens with zero attached hydrogens (tertiary/aromatic N) is 3.